The molecule has 0 radical (unpaired) electrons. The number of rotatable bonds is 2. The monoisotopic (exact) mass is 144 g/mol. The van der Waals surface area contributed by atoms with E-state index in [2.05, 4.69) is 0 Å². The zero-order valence-electron chi connectivity index (χ0n) is 6.29. The molecule has 0 unspecified atom stereocenters. The Labute approximate surface area is 61.9 Å². The maximum Gasteiger partial charge on any atom is 0.0543 e. The zero-order chi connectivity index (χ0) is 7.40. The van der Waals surface area contributed by atoms with Crippen LogP contribution in [0.15, 0.2) is 0 Å². The smallest absolute Gasteiger partial charge is 0.0543 e. The first-order chi connectivity index (χ1) is 4.83. The van der Waals surface area contributed by atoms with Crippen LogP contribution < -0.4 is 0 Å². The summed E-state index contributed by atoms with van der Waals surface area (Å²) < 4.78 is 0. The molecule has 0 saturated heterocycles. The van der Waals surface area contributed by atoms with Gasteiger partial charge in [-0.05, 0) is 25.2 Å². The molecule has 1 rings (SSSR count). The summed E-state index contributed by atoms with van der Waals surface area (Å²) in [6.45, 7) is 0.275. The van der Waals surface area contributed by atoms with Crippen LogP contribution in [0, 0.1) is 5.92 Å². The van der Waals surface area contributed by atoms with E-state index in [1.54, 1.807) is 0 Å². The van der Waals surface area contributed by atoms with Crippen LogP contribution in [-0.2, 0) is 0 Å². The van der Waals surface area contributed by atoms with Crippen molar-refractivity contribution in [2.24, 2.45) is 5.92 Å². The van der Waals surface area contributed by atoms with Crippen LogP contribution in [-0.4, -0.2) is 22.9 Å². The molecular formula is C8H16O2. The number of hydrogen-bond acceptors (Lipinski definition) is 2. The van der Waals surface area contributed by atoms with Crippen molar-refractivity contribution in [2.45, 2.75) is 38.2 Å². The van der Waals surface area contributed by atoms with E-state index in [0.29, 0.717) is 5.92 Å². The van der Waals surface area contributed by atoms with Gasteiger partial charge in [-0.15, -0.1) is 0 Å². The summed E-state index contributed by atoms with van der Waals surface area (Å²) in [6, 6.07) is 0. The van der Waals surface area contributed by atoms with Crippen LogP contribution in [0.1, 0.15) is 32.1 Å². The molecule has 1 fully saturated rings. The highest BCUT2D eigenvalue weighted by molar-refractivity contribution is 4.71. The molecule has 2 nitrogen and oxygen atoms in total. The van der Waals surface area contributed by atoms with Gasteiger partial charge in [-0.3, -0.25) is 0 Å². The van der Waals surface area contributed by atoms with Crippen molar-refractivity contribution in [3.8, 4) is 0 Å². The fourth-order valence-corrected chi connectivity index (χ4v) is 1.71. The van der Waals surface area contributed by atoms with Gasteiger partial charge in [-0.2, -0.15) is 0 Å². The molecule has 0 bridgehead atoms. The third-order valence-corrected chi connectivity index (χ3v) is 2.29. The molecule has 2 N–H and O–H groups in total. The molecule has 1 aliphatic rings. The fraction of sp³-hybridized carbons (Fsp3) is 1.00. The van der Waals surface area contributed by atoms with Gasteiger partial charge in [0.05, 0.1) is 6.10 Å². The SMILES string of the molecule is OCC[C@@H]1CCC[C@@H](O)C1. The standard InChI is InChI=1S/C8H16O2/c9-5-4-7-2-1-3-8(10)6-7/h7-10H,1-6H2/t7-,8+/m0/s1. The highest BCUT2D eigenvalue weighted by Crippen LogP contribution is 2.26. The molecule has 60 valence electrons. The molecular weight excluding hydrogens is 128 g/mol. The minimum Gasteiger partial charge on any atom is -0.396 e. The molecule has 0 amide bonds. The molecule has 1 aliphatic carbocycles. The van der Waals surface area contributed by atoms with E-state index in [-0.39, 0.29) is 12.7 Å². The third kappa shape index (κ3) is 2.27. The minimum absolute atomic E-state index is 0.0923. The number of aliphatic hydroxyl groups excluding tert-OH is 2. The van der Waals surface area contributed by atoms with E-state index in [1.165, 1.54) is 6.42 Å². The van der Waals surface area contributed by atoms with Crippen LogP contribution in [0.4, 0.5) is 0 Å². The van der Waals surface area contributed by atoms with Crippen molar-refractivity contribution in [3.63, 3.8) is 0 Å². The molecule has 2 atom stereocenters. The maximum absolute atomic E-state index is 9.22. The summed E-state index contributed by atoms with van der Waals surface area (Å²) in [5.74, 6) is 0.578. The minimum atomic E-state index is -0.0923. The normalized spacial score (nSPS) is 34.2. The molecule has 0 heterocycles. The summed E-state index contributed by atoms with van der Waals surface area (Å²) in [5.41, 5.74) is 0. The molecule has 1 saturated carbocycles. The Morgan fingerprint density at radius 3 is 2.70 bits per heavy atom. The van der Waals surface area contributed by atoms with E-state index >= 15 is 0 Å². The van der Waals surface area contributed by atoms with E-state index in [4.69, 9.17) is 5.11 Å². The zero-order valence-corrected chi connectivity index (χ0v) is 6.29. The first kappa shape index (κ1) is 8.02. The average Bonchev–Trinajstić information content (AvgIpc) is 1.88. The first-order valence-electron chi connectivity index (χ1n) is 4.12. The second-order valence-electron chi connectivity index (χ2n) is 3.20. The molecule has 0 spiro atoms. The maximum atomic E-state index is 9.22. The summed E-state index contributed by atoms with van der Waals surface area (Å²) in [7, 11) is 0. The van der Waals surface area contributed by atoms with Gasteiger partial charge in [0.1, 0.15) is 0 Å². The second-order valence-corrected chi connectivity index (χ2v) is 3.20. The largest absolute Gasteiger partial charge is 0.396 e. The Bertz CT molecular complexity index is 91.3. The van der Waals surface area contributed by atoms with Crippen molar-refractivity contribution < 1.29 is 10.2 Å². The van der Waals surface area contributed by atoms with Crippen molar-refractivity contribution in [3.05, 3.63) is 0 Å². The lowest BCUT2D eigenvalue weighted by atomic mass is 9.85. The van der Waals surface area contributed by atoms with Crippen molar-refractivity contribution in [1.82, 2.24) is 0 Å². The predicted octanol–water partition coefficient (Wildman–Crippen LogP) is 0.920. The van der Waals surface area contributed by atoms with Crippen molar-refractivity contribution in [1.29, 1.82) is 0 Å². The van der Waals surface area contributed by atoms with Gasteiger partial charge < -0.3 is 10.2 Å². The Kier molecular flexibility index (Phi) is 3.16. The third-order valence-electron chi connectivity index (χ3n) is 2.29. The first-order valence-corrected chi connectivity index (χ1v) is 4.12. The van der Waals surface area contributed by atoms with Gasteiger partial charge in [-0.25, -0.2) is 0 Å². The Morgan fingerprint density at radius 1 is 1.30 bits per heavy atom. The van der Waals surface area contributed by atoms with Gasteiger partial charge in [-0.1, -0.05) is 12.8 Å². The Morgan fingerprint density at radius 2 is 2.10 bits per heavy atom. The fourth-order valence-electron chi connectivity index (χ4n) is 1.71. The van der Waals surface area contributed by atoms with Crippen molar-refractivity contribution >= 4 is 0 Å². The van der Waals surface area contributed by atoms with Crippen LogP contribution in [0.5, 0.6) is 0 Å². The van der Waals surface area contributed by atoms with Gasteiger partial charge in [0, 0.05) is 6.61 Å². The molecule has 0 aliphatic heterocycles. The topological polar surface area (TPSA) is 40.5 Å². The lowest BCUT2D eigenvalue weighted by Crippen LogP contribution is -2.20. The van der Waals surface area contributed by atoms with E-state index in [9.17, 15) is 5.11 Å². The summed E-state index contributed by atoms with van der Waals surface area (Å²) in [4.78, 5) is 0. The average molecular weight is 144 g/mol. The number of hydrogen-bond donors (Lipinski definition) is 2. The van der Waals surface area contributed by atoms with Gasteiger partial charge in [0.2, 0.25) is 0 Å². The van der Waals surface area contributed by atoms with Gasteiger partial charge in [0.15, 0.2) is 0 Å². The second kappa shape index (κ2) is 3.94. The van der Waals surface area contributed by atoms with Gasteiger partial charge >= 0.3 is 0 Å². The highest BCUT2D eigenvalue weighted by atomic mass is 16.3. The Balaban J connectivity index is 2.18. The molecule has 0 aromatic heterocycles. The molecule has 0 aromatic rings. The van der Waals surface area contributed by atoms with Crippen molar-refractivity contribution in [2.75, 3.05) is 6.61 Å². The van der Waals surface area contributed by atoms with E-state index < -0.39 is 0 Å². The molecule has 2 heteroatoms. The van der Waals surface area contributed by atoms with Crippen LogP contribution in [0.2, 0.25) is 0 Å². The van der Waals surface area contributed by atoms with Crippen LogP contribution in [0.3, 0.4) is 0 Å². The summed E-state index contributed by atoms with van der Waals surface area (Å²) >= 11 is 0. The lowest BCUT2D eigenvalue weighted by molar-refractivity contribution is 0.0909. The summed E-state index contributed by atoms with van der Waals surface area (Å²) in [5, 5.41) is 17.8. The molecule has 0 aromatic carbocycles. The molecule has 10 heavy (non-hydrogen) atoms. The number of aliphatic hydroxyl groups is 2. The lowest BCUT2D eigenvalue weighted by Gasteiger charge is -2.24. The predicted molar refractivity (Wildman–Crippen MR) is 39.7 cm³/mol. The quantitative estimate of drug-likeness (QED) is 0.605. The summed E-state index contributed by atoms with van der Waals surface area (Å²) in [6.07, 6.45) is 4.97. The van der Waals surface area contributed by atoms with E-state index in [0.717, 1.165) is 25.7 Å². The van der Waals surface area contributed by atoms with Crippen LogP contribution in [0.25, 0.3) is 0 Å². The van der Waals surface area contributed by atoms with Gasteiger partial charge in [0.25, 0.3) is 0 Å². The highest BCUT2D eigenvalue weighted by Gasteiger charge is 2.18. The van der Waals surface area contributed by atoms with Crippen LogP contribution >= 0.6 is 0 Å². The van der Waals surface area contributed by atoms with E-state index in [1.807, 2.05) is 0 Å². The Hall–Kier alpha value is -0.0800.